The number of hydrogen-bond donors (Lipinski definition) is 2. The average molecular weight is 358 g/mol. The van der Waals surface area contributed by atoms with Gasteiger partial charge in [-0.3, -0.25) is 10.1 Å². The highest BCUT2D eigenvalue weighted by Crippen LogP contribution is 2.25. The molecule has 2 aromatic carbocycles. The van der Waals surface area contributed by atoms with Crippen LogP contribution in [-0.4, -0.2) is 23.9 Å². The van der Waals surface area contributed by atoms with Crippen LogP contribution < -0.4 is 10.6 Å². The summed E-state index contributed by atoms with van der Waals surface area (Å²) in [6.45, 7) is 5.39. The maximum Gasteiger partial charge on any atom is 0.412 e. The minimum absolute atomic E-state index is 0.203. The zero-order valence-corrected chi connectivity index (χ0v) is 15.6. The maximum atomic E-state index is 12.4. The van der Waals surface area contributed by atoms with Gasteiger partial charge < -0.3 is 10.1 Å². The molecule has 0 saturated carbocycles. The van der Waals surface area contributed by atoms with E-state index in [1.54, 1.807) is 56.8 Å². The summed E-state index contributed by atoms with van der Waals surface area (Å²) in [7, 11) is 0. The van der Waals surface area contributed by atoms with Crippen molar-refractivity contribution in [3.05, 3.63) is 54.1 Å². The third-order valence-electron chi connectivity index (χ3n) is 3.15. The number of anilines is 2. The highest BCUT2D eigenvalue weighted by molar-refractivity contribution is 7.98. The summed E-state index contributed by atoms with van der Waals surface area (Å²) < 4.78 is 5.19. The zero-order valence-electron chi connectivity index (χ0n) is 14.8. The Morgan fingerprint density at radius 2 is 1.60 bits per heavy atom. The molecule has 0 fully saturated rings. The molecule has 0 aliphatic rings. The largest absolute Gasteiger partial charge is 0.444 e. The van der Waals surface area contributed by atoms with Crippen molar-refractivity contribution in [3.63, 3.8) is 0 Å². The lowest BCUT2D eigenvalue weighted by Gasteiger charge is -2.19. The van der Waals surface area contributed by atoms with E-state index >= 15 is 0 Å². The first-order chi connectivity index (χ1) is 11.8. The second kappa shape index (κ2) is 8.07. The monoisotopic (exact) mass is 358 g/mol. The van der Waals surface area contributed by atoms with Crippen molar-refractivity contribution in [2.24, 2.45) is 0 Å². The molecule has 132 valence electrons. The van der Waals surface area contributed by atoms with Crippen molar-refractivity contribution in [3.8, 4) is 0 Å². The van der Waals surface area contributed by atoms with E-state index in [0.717, 1.165) is 10.6 Å². The van der Waals surface area contributed by atoms with Gasteiger partial charge in [-0.05, 0) is 63.4 Å². The number of rotatable bonds is 4. The Hall–Kier alpha value is -2.47. The molecule has 0 aromatic heterocycles. The smallest absolute Gasteiger partial charge is 0.412 e. The number of nitrogens with one attached hydrogen (secondary N) is 2. The van der Waals surface area contributed by atoms with Crippen molar-refractivity contribution in [1.29, 1.82) is 0 Å². The summed E-state index contributed by atoms with van der Waals surface area (Å²) in [5.74, 6) is -0.203. The Labute approximate surface area is 152 Å². The van der Waals surface area contributed by atoms with Gasteiger partial charge in [0, 0.05) is 16.1 Å². The number of ether oxygens (including phenoxy) is 1. The lowest BCUT2D eigenvalue weighted by molar-refractivity contribution is 0.0636. The molecule has 0 heterocycles. The fourth-order valence-electron chi connectivity index (χ4n) is 2.07. The fourth-order valence-corrected chi connectivity index (χ4v) is 2.62. The number of carbonyl (C=O) groups is 2. The number of thioether (sulfide) groups is 1. The van der Waals surface area contributed by atoms with Crippen molar-refractivity contribution >= 4 is 35.1 Å². The van der Waals surface area contributed by atoms with E-state index in [1.807, 2.05) is 30.5 Å². The summed E-state index contributed by atoms with van der Waals surface area (Å²) in [5.41, 5.74) is 1.28. The van der Waals surface area contributed by atoms with Crippen molar-refractivity contribution < 1.29 is 14.3 Å². The van der Waals surface area contributed by atoms with Crippen molar-refractivity contribution in [2.45, 2.75) is 31.3 Å². The van der Waals surface area contributed by atoms with E-state index in [1.165, 1.54) is 0 Å². The summed E-state index contributed by atoms with van der Waals surface area (Å²) >= 11 is 1.57. The van der Waals surface area contributed by atoms with Gasteiger partial charge in [0.05, 0.1) is 5.69 Å². The molecular weight excluding hydrogens is 336 g/mol. The number of para-hydroxylation sites is 1. The van der Waals surface area contributed by atoms with Gasteiger partial charge in [-0.2, -0.15) is 0 Å². The Kier molecular flexibility index (Phi) is 6.09. The van der Waals surface area contributed by atoms with Crippen LogP contribution in [0.3, 0.4) is 0 Å². The molecule has 6 heteroatoms. The standard InChI is InChI=1S/C19H22N2O3S/c1-19(2,3)24-18(23)20-14-11-9-13(10-12-14)17(22)21-15-7-5-6-8-16(15)25-4/h5-12H,1-4H3,(H,20,23)(H,21,22). The van der Waals surface area contributed by atoms with Crippen LogP contribution in [0.4, 0.5) is 16.2 Å². The first kappa shape index (κ1) is 18.9. The molecular formula is C19H22N2O3S. The minimum Gasteiger partial charge on any atom is -0.444 e. The van der Waals surface area contributed by atoms with E-state index in [9.17, 15) is 9.59 Å². The van der Waals surface area contributed by atoms with Crippen LogP contribution in [0.1, 0.15) is 31.1 Å². The SMILES string of the molecule is CSc1ccccc1NC(=O)c1ccc(NC(=O)OC(C)(C)C)cc1. The Morgan fingerprint density at radius 1 is 0.960 bits per heavy atom. The van der Waals surface area contributed by atoms with Crippen LogP contribution in [0.2, 0.25) is 0 Å². The number of benzene rings is 2. The van der Waals surface area contributed by atoms with E-state index in [0.29, 0.717) is 11.3 Å². The number of amides is 2. The summed E-state index contributed by atoms with van der Waals surface area (Å²) in [5, 5.41) is 5.53. The Morgan fingerprint density at radius 3 is 2.20 bits per heavy atom. The van der Waals surface area contributed by atoms with Gasteiger partial charge in [0.1, 0.15) is 5.60 Å². The van der Waals surface area contributed by atoms with Crippen LogP contribution in [0, 0.1) is 0 Å². The Balaban J connectivity index is 2.02. The molecule has 5 nitrogen and oxygen atoms in total. The molecule has 2 rings (SSSR count). The molecule has 0 atom stereocenters. The fraction of sp³-hybridized carbons (Fsp3) is 0.263. The van der Waals surface area contributed by atoms with Gasteiger partial charge in [-0.1, -0.05) is 12.1 Å². The normalized spacial score (nSPS) is 10.9. The van der Waals surface area contributed by atoms with Crippen molar-refractivity contribution in [2.75, 3.05) is 16.9 Å². The second-order valence-electron chi connectivity index (χ2n) is 6.36. The first-order valence-electron chi connectivity index (χ1n) is 7.83. The lowest BCUT2D eigenvalue weighted by atomic mass is 10.2. The van der Waals surface area contributed by atoms with Crippen LogP contribution in [0.5, 0.6) is 0 Å². The van der Waals surface area contributed by atoms with E-state index in [4.69, 9.17) is 4.74 Å². The minimum atomic E-state index is -0.561. The molecule has 2 aromatic rings. The predicted molar refractivity (Wildman–Crippen MR) is 102 cm³/mol. The predicted octanol–water partition coefficient (Wildman–Crippen LogP) is 5.01. The molecule has 0 radical (unpaired) electrons. The average Bonchev–Trinajstić information content (AvgIpc) is 2.54. The molecule has 0 aliphatic carbocycles. The lowest BCUT2D eigenvalue weighted by Crippen LogP contribution is -2.27. The summed E-state index contributed by atoms with van der Waals surface area (Å²) in [6.07, 6.45) is 1.43. The van der Waals surface area contributed by atoms with Gasteiger partial charge in [0.15, 0.2) is 0 Å². The first-order valence-corrected chi connectivity index (χ1v) is 9.05. The van der Waals surface area contributed by atoms with Crippen LogP contribution in [-0.2, 0) is 4.74 Å². The van der Waals surface area contributed by atoms with E-state index in [-0.39, 0.29) is 5.91 Å². The zero-order chi connectivity index (χ0) is 18.4. The van der Waals surface area contributed by atoms with Crippen LogP contribution in [0.15, 0.2) is 53.4 Å². The van der Waals surface area contributed by atoms with Gasteiger partial charge in [0.2, 0.25) is 0 Å². The van der Waals surface area contributed by atoms with Crippen LogP contribution >= 0.6 is 11.8 Å². The van der Waals surface area contributed by atoms with Gasteiger partial charge in [-0.15, -0.1) is 11.8 Å². The maximum absolute atomic E-state index is 12.4. The molecule has 0 saturated heterocycles. The highest BCUT2D eigenvalue weighted by atomic mass is 32.2. The summed E-state index contributed by atoms with van der Waals surface area (Å²) in [4.78, 5) is 25.1. The topological polar surface area (TPSA) is 67.4 Å². The third-order valence-corrected chi connectivity index (χ3v) is 3.94. The number of hydrogen-bond acceptors (Lipinski definition) is 4. The molecule has 0 spiro atoms. The van der Waals surface area contributed by atoms with Gasteiger partial charge in [-0.25, -0.2) is 4.79 Å². The van der Waals surface area contributed by atoms with Gasteiger partial charge >= 0.3 is 6.09 Å². The molecule has 0 aliphatic heterocycles. The molecule has 2 amide bonds. The van der Waals surface area contributed by atoms with Gasteiger partial charge in [0.25, 0.3) is 5.91 Å². The highest BCUT2D eigenvalue weighted by Gasteiger charge is 2.16. The molecule has 0 unspecified atom stereocenters. The van der Waals surface area contributed by atoms with Crippen LogP contribution in [0.25, 0.3) is 0 Å². The van der Waals surface area contributed by atoms with Crippen molar-refractivity contribution in [1.82, 2.24) is 0 Å². The second-order valence-corrected chi connectivity index (χ2v) is 7.21. The quantitative estimate of drug-likeness (QED) is 0.754. The number of carbonyl (C=O) groups excluding carboxylic acids is 2. The summed E-state index contributed by atoms with van der Waals surface area (Å²) in [6, 6.07) is 14.3. The Bertz CT molecular complexity index is 752. The molecule has 25 heavy (non-hydrogen) atoms. The van der Waals surface area contributed by atoms with E-state index in [2.05, 4.69) is 10.6 Å². The third kappa shape index (κ3) is 5.83. The van der Waals surface area contributed by atoms with E-state index < -0.39 is 11.7 Å². The molecule has 2 N–H and O–H groups in total. The molecule has 0 bridgehead atoms.